The van der Waals surface area contributed by atoms with Crippen LogP contribution in [0.15, 0.2) is 36.5 Å². The molecule has 5 heteroatoms. The van der Waals surface area contributed by atoms with Crippen LogP contribution in [-0.2, 0) is 0 Å². The summed E-state index contributed by atoms with van der Waals surface area (Å²) in [7, 11) is 1.65. The Morgan fingerprint density at radius 3 is 2.70 bits per heavy atom. The van der Waals surface area contributed by atoms with E-state index in [1.54, 1.807) is 7.11 Å². The van der Waals surface area contributed by atoms with Gasteiger partial charge in [-0.3, -0.25) is 0 Å². The first-order valence-corrected chi connectivity index (χ1v) is 8.65. The molecule has 0 saturated carbocycles. The third-order valence-corrected chi connectivity index (χ3v) is 4.95. The Hall–Kier alpha value is -2.19. The predicted octanol–water partition coefficient (Wildman–Crippen LogP) is 4.17. The highest BCUT2D eigenvalue weighted by atomic mass is 32.2. The molecule has 4 nitrogen and oxygen atoms in total. The van der Waals surface area contributed by atoms with E-state index in [-0.39, 0.29) is 5.25 Å². The second kappa shape index (κ2) is 8.44. The Balaban J connectivity index is 2.38. The molecule has 0 aliphatic heterocycles. The third-order valence-electron chi connectivity index (χ3n) is 3.56. The lowest BCUT2D eigenvalue weighted by atomic mass is 10.0. The maximum absolute atomic E-state index is 9.13. The minimum Gasteiger partial charge on any atom is -0.497 e. The zero-order chi connectivity index (χ0) is 16.7. The number of methoxy groups -OCH3 is 1. The van der Waals surface area contributed by atoms with Gasteiger partial charge in [-0.2, -0.15) is 5.26 Å². The molecule has 0 amide bonds. The number of hydrogen-bond donors (Lipinski definition) is 1. The highest BCUT2D eigenvalue weighted by Gasteiger charge is 2.19. The number of anilines is 1. The fourth-order valence-corrected chi connectivity index (χ4v) is 3.66. The summed E-state index contributed by atoms with van der Waals surface area (Å²) in [6, 6.07) is 12.0. The van der Waals surface area contributed by atoms with Crippen LogP contribution < -0.4 is 10.5 Å². The second-order valence-electron chi connectivity index (χ2n) is 5.19. The van der Waals surface area contributed by atoms with E-state index in [9.17, 15) is 0 Å². The number of nitrogens with two attached hydrogens (primary N) is 1. The molecule has 120 valence electrons. The number of benzene rings is 1. The van der Waals surface area contributed by atoms with Crippen LogP contribution in [0, 0.1) is 11.3 Å². The van der Waals surface area contributed by atoms with Crippen LogP contribution in [0.4, 0.5) is 5.82 Å². The summed E-state index contributed by atoms with van der Waals surface area (Å²) in [5.74, 6) is 2.33. The number of nitriles is 1. The molecule has 1 aromatic carbocycles. The quantitative estimate of drug-likeness (QED) is 0.773. The highest BCUT2D eigenvalue weighted by Crippen LogP contribution is 2.39. The average Bonchev–Trinajstić information content (AvgIpc) is 2.60. The summed E-state index contributed by atoms with van der Waals surface area (Å²) in [5.41, 5.74) is 8.65. The van der Waals surface area contributed by atoms with Crippen molar-refractivity contribution in [2.45, 2.75) is 25.0 Å². The number of aromatic nitrogens is 1. The number of ether oxygens (including phenoxy) is 1. The van der Waals surface area contributed by atoms with Gasteiger partial charge in [0.15, 0.2) is 0 Å². The van der Waals surface area contributed by atoms with Gasteiger partial charge in [-0.15, -0.1) is 11.8 Å². The molecule has 0 radical (unpaired) electrons. The van der Waals surface area contributed by atoms with E-state index in [1.165, 1.54) is 6.20 Å². The normalized spacial score (nSPS) is 11.7. The van der Waals surface area contributed by atoms with E-state index >= 15 is 0 Å². The predicted molar refractivity (Wildman–Crippen MR) is 95.6 cm³/mol. The van der Waals surface area contributed by atoms with Crippen LogP contribution >= 0.6 is 11.8 Å². The molecule has 0 fully saturated rings. The number of thioether (sulfide) groups is 1. The SMILES string of the molecule is CCCCSC(c1ccc(OC)cc1)c1cc(C#N)cnc1N. The van der Waals surface area contributed by atoms with Gasteiger partial charge in [0, 0.05) is 11.8 Å². The first-order chi connectivity index (χ1) is 11.2. The minimum absolute atomic E-state index is 0.0632. The average molecular weight is 327 g/mol. The lowest BCUT2D eigenvalue weighted by Gasteiger charge is -2.19. The maximum Gasteiger partial charge on any atom is 0.128 e. The molecule has 0 bridgehead atoms. The number of rotatable bonds is 7. The number of pyridine rings is 1. The second-order valence-corrected chi connectivity index (χ2v) is 6.40. The molecule has 2 aromatic rings. The molecule has 2 N–H and O–H groups in total. The molecule has 0 spiro atoms. The molecule has 1 atom stereocenters. The number of nitrogen functional groups attached to an aromatic ring is 1. The maximum atomic E-state index is 9.13. The fourth-order valence-electron chi connectivity index (χ4n) is 2.25. The first kappa shape index (κ1) is 17.2. The Bertz CT molecular complexity index is 680. The summed E-state index contributed by atoms with van der Waals surface area (Å²) < 4.78 is 5.23. The summed E-state index contributed by atoms with van der Waals surface area (Å²) in [6.45, 7) is 2.18. The molecule has 2 rings (SSSR count). The summed E-state index contributed by atoms with van der Waals surface area (Å²) in [4.78, 5) is 4.18. The van der Waals surface area contributed by atoms with E-state index in [0.29, 0.717) is 11.4 Å². The molecule has 0 aliphatic rings. The minimum atomic E-state index is 0.0632. The zero-order valence-electron chi connectivity index (χ0n) is 13.5. The topological polar surface area (TPSA) is 71.9 Å². The van der Waals surface area contributed by atoms with Crippen LogP contribution in [0.1, 0.15) is 41.7 Å². The van der Waals surface area contributed by atoms with Crippen LogP contribution in [-0.4, -0.2) is 17.8 Å². The Morgan fingerprint density at radius 2 is 2.09 bits per heavy atom. The van der Waals surface area contributed by atoms with Gasteiger partial charge in [-0.1, -0.05) is 25.5 Å². The van der Waals surface area contributed by atoms with Gasteiger partial charge in [0.25, 0.3) is 0 Å². The third kappa shape index (κ3) is 4.40. The van der Waals surface area contributed by atoms with Gasteiger partial charge >= 0.3 is 0 Å². The summed E-state index contributed by atoms with van der Waals surface area (Å²) >= 11 is 1.83. The van der Waals surface area contributed by atoms with Gasteiger partial charge in [0.05, 0.1) is 17.9 Å². The Kier molecular flexibility index (Phi) is 6.30. The van der Waals surface area contributed by atoms with E-state index in [1.807, 2.05) is 42.1 Å². The standard InChI is InChI=1S/C18H21N3OS/c1-3-4-9-23-17(14-5-7-15(22-2)8-6-14)16-10-13(11-19)12-21-18(16)20/h5-8,10,12,17H,3-4,9H2,1-2H3,(H2,20,21). The first-order valence-electron chi connectivity index (χ1n) is 7.60. The largest absolute Gasteiger partial charge is 0.497 e. The lowest BCUT2D eigenvalue weighted by Crippen LogP contribution is -2.05. The van der Waals surface area contributed by atoms with Crippen LogP contribution in [0.3, 0.4) is 0 Å². The van der Waals surface area contributed by atoms with Crippen molar-refractivity contribution in [3.63, 3.8) is 0 Å². The van der Waals surface area contributed by atoms with E-state index in [4.69, 9.17) is 15.7 Å². The smallest absolute Gasteiger partial charge is 0.128 e. The van der Waals surface area contributed by atoms with Crippen molar-refractivity contribution in [1.29, 1.82) is 5.26 Å². The molecule has 0 aliphatic carbocycles. The van der Waals surface area contributed by atoms with Crippen molar-refractivity contribution in [1.82, 2.24) is 4.98 Å². The molecule has 0 saturated heterocycles. The summed E-state index contributed by atoms with van der Waals surface area (Å²) in [6.07, 6.45) is 3.80. The van der Waals surface area contributed by atoms with E-state index in [2.05, 4.69) is 18.0 Å². The van der Waals surface area contributed by atoms with E-state index in [0.717, 1.165) is 35.5 Å². The monoisotopic (exact) mass is 327 g/mol. The summed E-state index contributed by atoms with van der Waals surface area (Å²) in [5, 5.41) is 9.20. The number of hydrogen-bond acceptors (Lipinski definition) is 5. The van der Waals surface area contributed by atoms with Crippen molar-refractivity contribution in [2.24, 2.45) is 0 Å². The van der Waals surface area contributed by atoms with Gasteiger partial charge in [0.2, 0.25) is 0 Å². The van der Waals surface area contributed by atoms with Crippen molar-refractivity contribution in [2.75, 3.05) is 18.6 Å². The van der Waals surface area contributed by atoms with E-state index < -0.39 is 0 Å². The van der Waals surface area contributed by atoms with Crippen molar-refractivity contribution in [3.05, 3.63) is 53.2 Å². The highest BCUT2D eigenvalue weighted by molar-refractivity contribution is 7.99. The molecular formula is C18H21N3OS. The van der Waals surface area contributed by atoms with Crippen LogP contribution in [0.2, 0.25) is 0 Å². The Labute approximate surface area is 141 Å². The zero-order valence-corrected chi connectivity index (χ0v) is 14.3. The van der Waals surface area contributed by atoms with Crippen molar-refractivity contribution in [3.8, 4) is 11.8 Å². The molecule has 23 heavy (non-hydrogen) atoms. The molecule has 1 unspecified atom stereocenters. The van der Waals surface area contributed by atoms with Crippen molar-refractivity contribution < 1.29 is 4.74 Å². The Morgan fingerprint density at radius 1 is 1.35 bits per heavy atom. The molecular weight excluding hydrogens is 306 g/mol. The van der Waals surface area contributed by atoms with Gasteiger partial charge in [0.1, 0.15) is 17.6 Å². The molecule has 1 heterocycles. The van der Waals surface area contributed by atoms with Crippen LogP contribution in [0.25, 0.3) is 0 Å². The molecule has 1 aromatic heterocycles. The van der Waals surface area contributed by atoms with Crippen LogP contribution in [0.5, 0.6) is 5.75 Å². The fraction of sp³-hybridized carbons (Fsp3) is 0.333. The van der Waals surface area contributed by atoms with Gasteiger partial charge < -0.3 is 10.5 Å². The number of nitrogens with zero attached hydrogens (tertiary/aromatic N) is 2. The lowest BCUT2D eigenvalue weighted by molar-refractivity contribution is 0.414. The van der Waals surface area contributed by atoms with Crippen molar-refractivity contribution >= 4 is 17.6 Å². The van der Waals surface area contributed by atoms with Gasteiger partial charge in [-0.05, 0) is 35.9 Å². The number of unbranched alkanes of at least 4 members (excludes halogenated alkanes) is 1. The van der Waals surface area contributed by atoms with Gasteiger partial charge in [-0.25, -0.2) is 4.98 Å².